The highest BCUT2D eigenvalue weighted by atomic mass is 16.7. The molecule has 1 saturated carbocycles. The molecular weight excluding hydrogens is 284 g/mol. The third-order valence-electron chi connectivity index (χ3n) is 3.80. The minimum Gasteiger partial charge on any atom is -0.343 e. The van der Waals surface area contributed by atoms with E-state index in [1.165, 1.54) is 18.4 Å². The van der Waals surface area contributed by atoms with Gasteiger partial charge in [-0.1, -0.05) is 24.9 Å². The molecule has 0 aliphatic heterocycles. The van der Waals surface area contributed by atoms with E-state index in [9.17, 15) is 9.59 Å². The van der Waals surface area contributed by atoms with Crippen molar-refractivity contribution >= 4 is 23.4 Å². The summed E-state index contributed by atoms with van der Waals surface area (Å²) in [4.78, 5) is 34.1. The van der Waals surface area contributed by atoms with Crippen molar-refractivity contribution in [3.63, 3.8) is 0 Å². The highest BCUT2D eigenvalue weighted by Crippen LogP contribution is 2.26. The van der Waals surface area contributed by atoms with Crippen LogP contribution in [-0.2, 0) is 9.63 Å². The van der Waals surface area contributed by atoms with E-state index < -0.39 is 6.09 Å². The molecular formula is C15H26N4O3. The summed E-state index contributed by atoms with van der Waals surface area (Å²) < 4.78 is 0. The number of carbonyl (C=O) groups is 2. The highest BCUT2D eigenvalue weighted by Gasteiger charge is 2.24. The summed E-state index contributed by atoms with van der Waals surface area (Å²) in [5, 5.41) is 5.97. The fourth-order valence-corrected chi connectivity index (χ4v) is 2.40. The van der Waals surface area contributed by atoms with Gasteiger partial charge in [-0.3, -0.25) is 14.6 Å². The standard InChI is InChI=1S/C15H26N4O3/c1-10-8-6-7-9-12(10)17-11(2)13(14(20)19(4)5)18-22-15(21)16-3/h10,12H,6-9H2,1-5H3,(H,16,21)/b17-11?,18-13+. The second kappa shape index (κ2) is 8.51. The number of carbonyl (C=O) groups excluding carboxylic acids is 2. The Morgan fingerprint density at radius 2 is 1.86 bits per heavy atom. The van der Waals surface area contributed by atoms with Crippen molar-refractivity contribution in [2.45, 2.75) is 45.6 Å². The molecule has 7 nitrogen and oxygen atoms in total. The van der Waals surface area contributed by atoms with E-state index >= 15 is 0 Å². The van der Waals surface area contributed by atoms with Crippen molar-refractivity contribution in [3.8, 4) is 0 Å². The molecule has 1 aliphatic carbocycles. The minimum atomic E-state index is -0.720. The molecule has 1 fully saturated rings. The van der Waals surface area contributed by atoms with E-state index in [1.54, 1.807) is 21.0 Å². The van der Waals surface area contributed by atoms with Crippen LogP contribution in [-0.4, -0.2) is 55.5 Å². The lowest BCUT2D eigenvalue weighted by molar-refractivity contribution is -0.121. The van der Waals surface area contributed by atoms with Gasteiger partial charge in [0, 0.05) is 21.1 Å². The Labute approximate surface area is 131 Å². The van der Waals surface area contributed by atoms with Gasteiger partial charge in [-0.2, -0.15) is 0 Å². The topological polar surface area (TPSA) is 83.4 Å². The van der Waals surface area contributed by atoms with Crippen LogP contribution in [0.4, 0.5) is 4.79 Å². The molecule has 0 aromatic rings. The Balaban J connectivity index is 2.98. The normalized spacial score (nSPS) is 23.0. The van der Waals surface area contributed by atoms with Crippen LogP contribution >= 0.6 is 0 Å². The molecule has 2 unspecified atom stereocenters. The number of amides is 2. The molecule has 7 heteroatoms. The van der Waals surface area contributed by atoms with Crippen LogP contribution < -0.4 is 5.32 Å². The van der Waals surface area contributed by atoms with Crippen LogP contribution in [0, 0.1) is 5.92 Å². The molecule has 0 aromatic carbocycles. The van der Waals surface area contributed by atoms with Gasteiger partial charge in [0.2, 0.25) is 0 Å². The molecule has 2 atom stereocenters. The second-order valence-corrected chi connectivity index (χ2v) is 5.81. The predicted molar refractivity (Wildman–Crippen MR) is 86.2 cm³/mol. The molecule has 124 valence electrons. The predicted octanol–water partition coefficient (Wildman–Crippen LogP) is 1.83. The molecule has 0 aromatic heterocycles. The molecule has 22 heavy (non-hydrogen) atoms. The summed E-state index contributed by atoms with van der Waals surface area (Å²) in [5.74, 6) is 0.146. The maximum absolute atomic E-state index is 12.2. The number of nitrogens with zero attached hydrogens (tertiary/aromatic N) is 3. The van der Waals surface area contributed by atoms with Crippen molar-refractivity contribution in [3.05, 3.63) is 0 Å². The van der Waals surface area contributed by atoms with Gasteiger partial charge < -0.3 is 10.2 Å². The number of oxime groups is 1. The highest BCUT2D eigenvalue weighted by molar-refractivity contribution is 6.66. The first-order chi connectivity index (χ1) is 10.4. The smallest absolute Gasteiger partial charge is 0.343 e. The Bertz CT molecular complexity index is 471. The van der Waals surface area contributed by atoms with Gasteiger partial charge in [-0.15, -0.1) is 0 Å². The Hall–Kier alpha value is -1.92. The van der Waals surface area contributed by atoms with Crippen LogP contribution in [0.2, 0.25) is 0 Å². The second-order valence-electron chi connectivity index (χ2n) is 5.81. The summed E-state index contributed by atoms with van der Waals surface area (Å²) in [6, 6.07) is 0.189. The summed E-state index contributed by atoms with van der Waals surface area (Å²) in [6.45, 7) is 3.90. The van der Waals surface area contributed by atoms with E-state index in [2.05, 4.69) is 27.2 Å². The van der Waals surface area contributed by atoms with Gasteiger partial charge in [-0.05, 0) is 25.7 Å². The van der Waals surface area contributed by atoms with E-state index in [-0.39, 0.29) is 17.7 Å². The van der Waals surface area contributed by atoms with E-state index in [0.29, 0.717) is 11.6 Å². The van der Waals surface area contributed by atoms with E-state index in [4.69, 9.17) is 0 Å². The number of hydrogen-bond acceptors (Lipinski definition) is 5. The molecule has 2 amide bonds. The van der Waals surface area contributed by atoms with Crippen molar-refractivity contribution in [2.75, 3.05) is 21.1 Å². The molecule has 1 aliphatic rings. The zero-order valence-electron chi connectivity index (χ0n) is 14.0. The quantitative estimate of drug-likeness (QED) is 0.488. The van der Waals surface area contributed by atoms with Gasteiger partial charge in [0.15, 0.2) is 5.71 Å². The molecule has 0 radical (unpaired) electrons. The monoisotopic (exact) mass is 310 g/mol. The lowest BCUT2D eigenvalue weighted by Crippen LogP contribution is -2.36. The third kappa shape index (κ3) is 5.13. The number of aliphatic imine (C=N–C) groups is 1. The van der Waals surface area contributed by atoms with E-state index in [0.717, 1.165) is 19.3 Å². The van der Waals surface area contributed by atoms with Crippen LogP contribution in [0.1, 0.15) is 39.5 Å². The first kappa shape index (κ1) is 18.1. The van der Waals surface area contributed by atoms with Crippen molar-refractivity contribution < 1.29 is 14.4 Å². The van der Waals surface area contributed by atoms with E-state index in [1.807, 2.05) is 0 Å². The summed E-state index contributed by atoms with van der Waals surface area (Å²) in [6.07, 6.45) is 3.81. The lowest BCUT2D eigenvalue weighted by atomic mass is 9.86. The van der Waals surface area contributed by atoms with Gasteiger partial charge in [0.05, 0.1) is 11.8 Å². The summed E-state index contributed by atoms with van der Waals surface area (Å²) in [5.41, 5.74) is 0.563. The first-order valence-electron chi connectivity index (χ1n) is 7.60. The minimum absolute atomic E-state index is 0.0615. The van der Waals surface area contributed by atoms with Gasteiger partial charge in [0.1, 0.15) is 0 Å². The summed E-state index contributed by atoms with van der Waals surface area (Å²) in [7, 11) is 4.67. The fourth-order valence-electron chi connectivity index (χ4n) is 2.40. The Morgan fingerprint density at radius 3 is 2.41 bits per heavy atom. The average molecular weight is 310 g/mol. The zero-order chi connectivity index (χ0) is 16.7. The van der Waals surface area contributed by atoms with Crippen molar-refractivity contribution in [1.82, 2.24) is 10.2 Å². The lowest BCUT2D eigenvalue weighted by Gasteiger charge is -2.26. The largest absolute Gasteiger partial charge is 0.433 e. The molecule has 0 bridgehead atoms. The van der Waals surface area contributed by atoms with Crippen LogP contribution in [0.5, 0.6) is 0 Å². The third-order valence-corrected chi connectivity index (χ3v) is 3.80. The maximum atomic E-state index is 12.2. The van der Waals surface area contributed by atoms with Crippen LogP contribution in [0.15, 0.2) is 10.1 Å². The van der Waals surface area contributed by atoms with Gasteiger partial charge in [-0.25, -0.2) is 4.79 Å². The molecule has 0 heterocycles. The molecule has 1 rings (SSSR count). The van der Waals surface area contributed by atoms with Crippen molar-refractivity contribution in [2.24, 2.45) is 16.1 Å². The van der Waals surface area contributed by atoms with Crippen molar-refractivity contribution in [1.29, 1.82) is 0 Å². The SMILES string of the molecule is CNC(=O)O/N=C(/C(=O)N(C)C)C(C)=NC1CCCCC1C. The first-order valence-corrected chi connectivity index (χ1v) is 7.60. The van der Waals surface area contributed by atoms with Gasteiger partial charge in [0.25, 0.3) is 5.91 Å². The average Bonchev–Trinajstić information content (AvgIpc) is 2.49. The Kier molecular flexibility index (Phi) is 7.01. The number of hydrogen-bond donors (Lipinski definition) is 1. The van der Waals surface area contributed by atoms with Crippen LogP contribution in [0.25, 0.3) is 0 Å². The Morgan fingerprint density at radius 1 is 1.23 bits per heavy atom. The number of rotatable bonds is 4. The van der Waals surface area contributed by atoms with Gasteiger partial charge >= 0.3 is 6.09 Å². The molecule has 1 N–H and O–H groups in total. The zero-order valence-corrected chi connectivity index (χ0v) is 14.0. The maximum Gasteiger partial charge on any atom is 0.433 e. The fraction of sp³-hybridized carbons (Fsp3) is 0.733. The summed E-state index contributed by atoms with van der Waals surface area (Å²) >= 11 is 0. The number of nitrogens with one attached hydrogen (secondary N) is 1. The molecule has 0 saturated heterocycles. The van der Waals surface area contributed by atoms with Crippen LogP contribution in [0.3, 0.4) is 0 Å². The molecule has 0 spiro atoms.